The van der Waals surface area contributed by atoms with E-state index < -0.39 is 0 Å². The molecule has 0 spiro atoms. The van der Waals surface area contributed by atoms with Gasteiger partial charge in [-0.1, -0.05) is 115 Å². The third-order valence-electron chi connectivity index (χ3n) is 6.70. The summed E-state index contributed by atoms with van der Waals surface area (Å²) in [7, 11) is 0. The lowest BCUT2D eigenvalue weighted by Gasteiger charge is -2.13. The first-order chi connectivity index (χ1) is 16.0. The predicted octanol–water partition coefficient (Wildman–Crippen LogP) is 9.54. The highest BCUT2D eigenvalue weighted by Gasteiger charge is 2.07. The standard InChI is InChI=1S/C30H54O3/c1-5-6-7-8-9-10-11-12-13-14-15-16-17-18-19-20-23-32-33-28(4)21-22-29-24-26(2)30(31)27(3)25-29/h24-25,28,31H,5-23H2,1-4H3. The molecule has 1 N–H and O–H groups in total. The van der Waals surface area contributed by atoms with Gasteiger partial charge in [-0.05, 0) is 56.7 Å². The average molecular weight is 463 g/mol. The van der Waals surface area contributed by atoms with Crippen molar-refractivity contribution in [3.8, 4) is 5.75 Å². The van der Waals surface area contributed by atoms with Gasteiger partial charge in [0.2, 0.25) is 0 Å². The second kappa shape index (κ2) is 20.3. The molecule has 1 rings (SSSR count). The van der Waals surface area contributed by atoms with E-state index in [0.29, 0.717) is 12.4 Å². The predicted molar refractivity (Wildman–Crippen MR) is 142 cm³/mol. The number of hydrogen-bond acceptors (Lipinski definition) is 3. The summed E-state index contributed by atoms with van der Waals surface area (Å²) in [4.78, 5) is 11.0. The van der Waals surface area contributed by atoms with Gasteiger partial charge in [-0.15, -0.1) is 0 Å². The number of aromatic hydroxyl groups is 1. The second-order valence-electron chi connectivity index (χ2n) is 10.1. The molecule has 0 aliphatic carbocycles. The zero-order chi connectivity index (χ0) is 24.2. The Morgan fingerprint density at radius 2 is 1.12 bits per heavy atom. The van der Waals surface area contributed by atoms with Crippen LogP contribution < -0.4 is 0 Å². The molecule has 1 aromatic carbocycles. The maximum absolute atomic E-state index is 9.88. The quantitative estimate of drug-likeness (QED) is 0.106. The molecule has 0 amide bonds. The highest BCUT2D eigenvalue weighted by molar-refractivity contribution is 5.42. The summed E-state index contributed by atoms with van der Waals surface area (Å²) in [5, 5.41) is 9.88. The summed E-state index contributed by atoms with van der Waals surface area (Å²) >= 11 is 0. The van der Waals surface area contributed by atoms with Gasteiger partial charge >= 0.3 is 0 Å². The summed E-state index contributed by atoms with van der Waals surface area (Å²) in [6.07, 6.45) is 24.1. The van der Waals surface area contributed by atoms with Crippen molar-refractivity contribution >= 4 is 0 Å². The molecule has 0 aromatic heterocycles. The molecule has 1 atom stereocenters. The molecular weight excluding hydrogens is 408 g/mol. The van der Waals surface area contributed by atoms with Crippen LogP contribution in [0.15, 0.2) is 12.1 Å². The fraction of sp³-hybridized carbons (Fsp3) is 0.800. The first-order valence-electron chi connectivity index (χ1n) is 14.1. The van der Waals surface area contributed by atoms with E-state index in [1.807, 2.05) is 13.8 Å². The number of unbranched alkanes of at least 4 members (excludes halogenated alkanes) is 15. The topological polar surface area (TPSA) is 38.7 Å². The van der Waals surface area contributed by atoms with E-state index in [9.17, 15) is 5.11 Å². The number of benzene rings is 1. The molecule has 0 radical (unpaired) electrons. The lowest BCUT2D eigenvalue weighted by molar-refractivity contribution is -0.321. The summed E-state index contributed by atoms with van der Waals surface area (Å²) in [6, 6.07) is 4.12. The largest absolute Gasteiger partial charge is 0.507 e. The van der Waals surface area contributed by atoms with Gasteiger partial charge in [0.15, 0.2) is 0 Å². The Morgan fingerprint density at radius 3 is 1.58 bits per heavy atom. The van der Waals surface area contributed by atoms with Gasteiger partial charge in [0, 0.05) is 0 Å². The smallest absolute Gasteiger partial charge is 0.121 e. The number of phenolic OH excluding ortho intramolecular Hbond substituents is 1. The summed E-state index contributed by atoms with van der Waals surface area (Å²) in [5.74, 6) is 0.408. The maximum Gasteiger partial charge on any atom is 0.121 e. The Labute approximate surface area is 205 Å². The third kappa shape index (κ3) is 16.2. The van der Waals surface area contributed by atoms with Gasteiger partial charge in [0.05, 0.1) is 12.7 Å². The van der Waals surface area contributed by atoms with Gasteiger partial charge in [0.1, 0.15) is 5.75 Å². The van der Waals surface area contributed by atoms with E-state index >= 15 is 0 Å². The molecule has 0 aliphatic rings. The van der Waals surface area contributed by atoms with Gasteiger partial charge in [-0.25, -0.2) is 9.78 Å². The van der Waals surface area contributed by atoms with Crippen molar-refractivity contribution in [3.63, 3.8) is 0 Å². The van der Waals surface area contributed by atoms with Gasteiger partial charge < -0.3 is 5.11 Å². The molecule has 0 heterocycles. The van der Waals surface area contributed by atoms with E-state index in [-0.39, 0.29) is 6.10 Å². The Kier molecular flexibility index (Phi) is 18.5. The molecule has 0 saturated carbocycles. The maximum atomic E-state index is 9.88. The third-order valence-corrected chi connectivity index (χ3v) is 6.70. The van der Waals surface area contributed by atoms with Crippen LogP contribution in [0.25, 0.3) is 0 Å². The SMILES string of the molecule is CCCCCCCCCCCCCCCCCCOOC(C)CCc1cc(C)c(O)c(C)c1. The van der Waals surface area contributed by atoms with Crippen LogP contribution in [0.5, 0.6) is 5.75 Å². The zero-order valence-corrected chi connectivity index (χ0v) is 22.4. The Morgan fingerprint density at radius 1 is 0.697 bits per heavy atom. The van der Waals surface area contributed by atoms with Crippen molar-refractivity contribution in [2.45, 2.75) is 149 Å². The molecule has 3 nitrogen and oxygen atoms in total. The molecule has 192 valence electrons. The molecule has 33 heavy (non-hydrogen) atoms. The Balaban J connectivity index is 1.83. The van der Waals surface area contributed by atoms with Crippen molar-refractivity contribution in [2.75, 3.05) is 6.61 Å². The fourth-order valence-electron chi connectivity index (χ4n) is 4.48. The van der Waals surface area contributed by atoms with E-state index in [1.165, 1.54) is 102 Å². The van der Waals surface area contributed by atoms with Crippen LogP contribution in [0.3, 0.4) is 0 Å². The Hall–Kier alpha value is -1.06. The van der Waals surface area contributed by atoms with Crippen molar-refractivity contribution in [1.29, 1.82) is 0 Å². The Bertz CT molecular complexity index is 561. The van der Waals surface area contributed by atoms with Crippen molar-refractivity contribution in [2.24, 2.45) is 0 Å². The van der Waals surface area contributed by atoms with Crippen LogP contribution in [0.2, 0.25) is 0 Å². The first-order valence-corrected chi connectivity index (χ1v) is 14.1. The van der Waals surface area contributed by atoms with E-state index in [1.54, 1.807) is 0 Å². The normalized spacial score (nSPS) is 12.4. The second-order valence-corrected chi connectivity index (χ2v) is 10.1. The molecule has 0 fully saturated rings. The van der Waals surface area contributed by atoms with Crippen LogP contribution in [-0.2, 0) is 16.2 Å². The zero-order valence-electron chi connectivity index (χ0n) is 22.4. The van der Waals surface area contributed by atoms with Crippen LogP contribution >= 0.6 is 0 Å². The molecule has 0 bridgehead atoms. The minimum atomic E-state index is 0.0838. The summed E-state index contributed by atoms with van der Waals surface area (Å²) < 4.78 is 0. The molecular formula is C30H54O3. The van der Waals surface area contributed by atoms with Crippen LogP contribution in [0.1, 0.15) is 140 Å². The van der Waals surface area contributed by atoms with Crippen LogP contribution in [0.4, 0.5) is 0 Å². The lowest BCUT2D eigenvalue weighted by Crippen LogP contribution is -2.11. The monoisotopic (exact) mass is 462 g/mol. The molecule has 3 heteroatoms. The van der Waals surface area contributed by atoms with Gasteiger partial charge in [-0.3, -0.25) is 0 Å². The van der Waals surface area contributed by atoms with Gasteiger partial charge in [-0.2, -0.15) is 0 Å². The molecule has 0 saturated heterocycles. The van der Waals surface area contributed by atoms with E-state index in [4.69, 9.17) is 9.78 Å². The first kappa shape index (κ1) is 30.0. The number of hydrogen-bond donors (Lipinski definition) is 1. The molecule has 0 aliphatic heterocycles. The van der Waals surface area contributed by atoms with Gasteiger partial charge in [0.25, 0.3) is 0 Å². The summed E-state index contributed by atoms with van der Waals surface area (Å²) in [6.45, 7) is 8.95. The lowest BCUT2D eigenvalue weighted by atomic mass is 10.0. The number of rotatable bonds is 22. The average Bonchev–Trinajstić information content (AvgIpc) is 2.80. The highest BCUT2D eigenvalue weighted by Crippen LogP contribution is 2.24. The summed E-state index contributed by atoms with van der Waals surface area (Å²) in [5.41, 5.74) is 3.13. The van der Waals surface area contributed by atoms with Crippen molar-refractivity contribution in [1.82, 2.24) is 0 Å². The van der Waals surface area contributed by atoms with Crippen molar-refractivity contribution in [3.05, 3.63) is 28.8 Å². The van der Waals surface area contributed by atoms with Crippen LogP contribution in [0, 0.1) is 13.8 Å². The fourth-order valence-corrected chi connectivity index (χ4v) is 4.48. The van der Waals surface area contributed by atoms with E-state index in [0.717, 1.165) is 30.4 Å². The molecule has 1 aromatic rings. The minimum absolute atomic E-state index is 0.0838. The van der Waals surface area contributed by atoms with E-state index in [2.05, 4.69) is 26.0 Å². The van der Waals surface area contributed by atoms with Crippen molar-refractivity contribution < 1.29 is 14.9 Å². The number of phenols is 1. The molecule has 1 unspecified atom stereocenters. The number of aryl methyl sites for hydroxylation is 3. The van der Waals surface area contributed by atoms with Crippen LogP contribution in [-0.4, -0.2) is 17.8 Å². The minimum Gasteiger partial charge on any atom is -0.507 e. The highest BCUT2D eigenvalue weighted by atomic mass is 17.2.